The van der Waals surface area contributed by atoms with Gasteiger partial charge in [0.25, 0.3) is 0 Å². The highest BCUT2D eigenvalue weighted by Crippen LogP contribution is 2.66. The van der Waals surface area contributed by atoms with Gasteiger partial charge in [-0.25, -0.2) is 9.59 Å². The minimum atomic E-state index is -1.26. The van der Waals surface area contributed by atoms with Crippen LogP contribution in [0.3, 0.4) is 0 Å². The zero-order valence-electron chi connectivity index (χ0n) is 22.1. The normalized spacial score (nSPS) is 39.5. The molecule has 0 saturated heterocycles. The molecule has 4 rings (SSSR count). The van der Waals surface area contributed by atoms with Gasteiger partial charge in [-0.05, 0) is 100.0 Å². The number of fused-ring (bicyclic) bond motifs is 5. The third-order valence-electron chi connectivity index (χ3n) is 10.0. The molecule has 0 heterocycles. The molecule has 0 aromatic carbocycles. The molecule has 0 aromatic heterocycles. The van der Waals surface area contributed by atoms with E-state index in [1.807, 2.05) is 7.05 Å². The fraction of sp³-hybridized carbons (Fsp3) is 0.821. The summed E-state index contributed by atoms with van der Waals surface area (Å²) < 4.78 is 6.24. The van der Waals surface area contributed by atoms with E-state index in [-0.39, 0.29) is 5.41 Å². The molecule has 8 heteroatoms. The smallest absolute Gasteiger partial charge is 0.328 e. The number of carbonyl (C=O) groups excluding carboxylic acids is 1. The molecule has 4 saturated carbocycles. The first-order valence-corrected chi connectivity index (χ1v) is 13.6. The topological polar surface area (TPSA) is 133 Å². The van der Waals surface area contributed by atoms with Crippen molar-refractivity contribution in [1.82, 2.24) is 5.32 Å². The molecule has 0 bridgehead atoms. The molecule has 0 amide bonds. The van der Waals surface area contributed by atoms with Crippen LogP contribution in [-0.4, -0.2) is 66.0 Å². The van der Waals surface area contributed by atoms with E-state index < -0.39 is 11.9 Å². The molecule has 4 aliphatic carbocycles. The van der Waals surface area contributed by atoms with Gasteiger partial charge in [0.05, 0.1) is 6.10 Å². The first kappa shape index (κ1) is 28.8. The average molecular weight is 508 g/mol. The molecule has 204 valence electrons. The predicted octanol–water partition coefficient (Wildman–Crippen LogP) is 3.52. The lowest BCUT2D eigenvalue weighted by atomic mass is 9.43. The predicted molar refractivity (Wildman–Crippen MR) is 135 cm³/mol. The first-order valence-electron chi connectivity index (χ1n) is 13.6. The summed E-state index contributed by atoms with van der Waals surface area (Å²) >= 11 is 0. The molecule has 36 heavy (non-hydrogen) atoms. The Labute approximate surface area is 214 Å². The highest BCUT2D eigenvalue weighted by Gasteiger charge is 2.62. The van der Waals surface area contributed by atoms with E-state index in [4.69, 9.17) is 14.9 Å². The summed E-state index contributed by atoms with van der Waals surface area (Å²) in [7, 11) is 1.99. The van der Waals surface area contributed by atoms with Gasteiger partial charge in [-0.15, -0.1) is 0 Å². The Morgan fingerprint density at radius 1 is 1.03 bits per heavy atom. The molecule has 4 N–H and O–H groups in total. The number of rotatable bonds is 8. The fourth-order valence-electron chi connectivity index (χ4n) is 8.23. The molecular formula is C28H45NO7. The SMILES string of the molecule is CNCCCO[C@H]1CC[C@@]2(C)C(C1)[C@@H](CO)C[C@@H]1[C@@H]2CC[C@]2(C)C(=O)CC[C@@H]12.O=C(O)/C=C/C(=O)O. The van der Waals surface area contributed by atoms with Crippen molar-refractivity contribution in [2.75, 3.05) is 26.8 Å². The van der Waals surface area contributed by atoms with E-state index in [0.717, 1.165) is 64.0 Å². The second-order valence-electron chi connectivity index (χ2n) is 11.8. The van der Waals surface area contributed by atoms with Crippen LogP contribution in [-0.2, 0) is 19.1 Å². The maximum absolute atomic E-state index is 12.6. The van der Waals surface area contributed by atoms with Crippen LogP contribution < -0.4 is 5.32 Å². The minimum absolute atomic E-state index is 0.0714. The number of hydrogen-bond donors (Lipinski definition) is 4. The number of carboxylic acid groups (broad SMARTS) is 2. The summed E-state index contributed by atoms with van der Waals surface area (Å²) in [6.07, 6.45) is 11.4. The number of hydrogen-bond acceptors (Lipinski definition) is 6. The van der Waals surface area contributed by atoms with Crippen molar-refractivity contribution in [3.05, 3.63) is 12.2 Å². The number of ether oxygens (including phenoxy) is 1. The standard InChI is InChI=1S/C24H41NO3.C4H4O4/c1-23-9-7-17(28-12-4-11-25-3)14-21(23)16(15-26)13-18-19-5-6-22(27)24(19,2)10-8-20(18)23;5-3(6)1-2-4(7)8/h16-21,25-26H,4-15H2,1-3H3;1-2H,(H,5,6)(H,7,8)/b;2-1+/t16-,17+,18+,19+,20+,21?,23-,24+;/m1./s1. The zero-order chi connectivity index (χ0) is 26.5. The molecule has 0 radical (unpaired) electrons. The number of nitrogens with one attached hydrogen (secondary N) is 1. The maximum Gasteiger partial charge on any atom is 0.328 e. The van der Waals surface area contributed by atoms with E-state index in [2.05, 4.69) is 19.2 Å². The van der Waals surface area contributed by atoms with Crippen molar-refractivity contribution in [2.24, 2.45) is 40.4 Å². The van der Waals surface area contributed by atoms with E-state index in [1.165, 1.54) is 12.8 Å². The van der Waals surface area contributed by atoms with Crippen LogP contribution in [0.25, 0.3) is 0 Å². The van der Waals surface area contributed by atoms with Crippen molar-refractivity contribution in [1.29, 1.82) is 0 Å². The van der Waals surface area contributed by atoms with Crippen molar-refractivity contribution in [2.45, 2.75) is 77.7 Å². The third kappa shape index (κ3) is 6.03. The Hall–Kier alpha value is -1.77. The van der Waals surface area contributed by atoms with Crippen LogP contribution in [0.5, 0.6) is 0 Å². The van der Waals surface area contributed by atoms with Gasteiger partial charge < -0.3 is 25.4 Å². The summed E-state index contributed by atoms with van der Waals surface area (Å²) in [5, 5.41) is 29.1. The van der Waals surface area contributed by atoms with E-state index in [0.29, 0.717) is 59.7 Å². The highest BCUT2D eigenvalue weighted by atomic mass is 16.5. The van der Waals surface area contributed by atoms with Crippen LogP contribution in [0.1, 0.15) is 71.6 Å². The maximum atomic E-state index is 12.6. The third-order valence-corrected chi connectivity index (χ3v) is 10.0. The number of aliphatic hydroxyl groups is 1. The Bertz CT molecular complexity index is 813. The monoisotopic (exact) mass is 507 g/mol. The number of aliphatic carboxylic acids is 2. The van der Waals surface area contributed by atoms with Crippen molar-refractivity contribution >= 4 is 17.7 Å². The molecular weight excluding hydrogens is 462 g/mol. The van der Waals surface area contributed by atoms with Crippen LogP contribution in [0, 0.1) is 40.4 Å². The van der Waals surface area contributed by atoms with Crippen LogP contribution in [0.4, 0.5) is 0 Å². The van der Waals surface area contributed by atoms with E-state index in [9.17, 15) is 19.5 Å². The molecule has 4 aliphatic rings. The van der Waals surface area contributed by atoms with Gasteiger partial charge in [0, 0.05) is 37.2 Å². The summed E-state index contributed by atoms with van der Waals surface area (Å²) in [5.41, 5.74) is 0.242. The largest absolute Gasteiger partial charge is 0.478 e. The Morgan fingerprint density at radius 2 is 1.72 bits per heavy atom. The van der Waals surface area contributed by atoms with E-state index in [1.54, 1.807) is 0 Å². The van der Waals surface area contributed by atoms with E-state index >= 15 is 0 Å². The van der Waals surface area contributed by atoms with Crippen LogP contribution in [0.2, 0.25) is 0 Å². The summed E-state index contributed by atoms with van der Waals surface area (Å²) in [4.78, 5) is 31.7. The quantitative estimate of drug-likeness (QED) is 0.290. The second-order valence-corrected chi connectivity index (χ2v) is 11.8. The second kappa shape index (κ2) is 12.2. The lowest BCUT2D eigenvalue weighted by Crippen LogP contribution is -2.57. The first-order chi connectivity index (χ1) is 17.1. The van der Waals surface area contributed by atoms with Gasteiger partial charge in [-0.2, -0.15) is 0 Å². The number of ketones is 1. The van der Waals surface area contributed by atoms with Gasteiger partial charge in [0.15, 0.2) is 0 Å². The van der Waals surface area contributed by atoms with Gasteiger partial charge in [0.1, 0.15) is 5.78 Å². The van der Waals surface area contributed by atoms with Crippen molar-refractivity contribution in [3.8, 4) is 0 Å². The zero-order valence-corrected chi connectivity index (χ0v) is 22.1. The van der Waals surface area contributed by atoms with Crippen molar-refractivity contribution < 1.29 is 34.4 Å². The number of carboxylic acids is 2. The molecule has 8 atom stereocenters. The van der Waals surface area contributed by atoms with Crippen molar-refractivity contribution in [3.63, 3.8) is 0 Å². The Balaban J connectivity index is 0.000000392. The molecule has 8 nitrogen and oxygen atoms in total. The molecule has 1 unspecified atom stereocenters. The van der Waals surface area contributed by atoms with Gasteiger partial charge in [-0.3, -0.25) is 4.79 Å². The lowest BCUT2D eigenvalue weighted by Gasteiger charge is -2.62. The number of Topliss-reactive ketones (excluding diaryl/α,β-unsaturated/α-hetero) is 1. The van der Waals surface area contributed by atoms with Gasteiger partial charge >= 0.3 is 11.9 Å². The minimum Gasteiger partial charge on any atom is -0.478 e. The average Bonchev–Trinajstić information content (AvgIpc) is 3.15. The van der Waals surface area contributed by atoms with Crippen LogP contribution >= 0.6 is 0 Å². The summed E-state index contributed by atoms with van der Waals surface area (Å²) in [6, 6.07) is 0. The summed E-state index contributed by atoms with van der Waals surface area (Å²) in [5.74, 6) is 0.880. The molecule has 0 aliphatic heterocycles. The Kier molecular flexibility index (Phi) is 9.74. The number of carbonyl (C=O) groups is 3. The highest BCUT2D eigenvalue weighted by molar-refractivity contribution is 5.89. The Morgan fingerprint density at radius 3 is 2.33 bits per heavy atom. The molecule has 0 spiro atoms. The fourth-order valence-corrected chi connectivity index (χ4v) is 8.23. The summed E-state index contributed by atoms with van der Waals surface area (Å²) in [6.45, 7) is 6.92. The van der Waals surface area contributed by atoms with Crippen LogP contribution in [0.15, 0.2) is 12.2 Å². The van der Waals surface area contributed by atoms with Gasteiger partial charge in [-0.1, -0.05) is 13.8 Å². The molecule has 4 fully saturated rings. The number of aliphatic hydroxyl groups excluding tert-OH is 1. The van der Waals surface area contributed by atoms with Gasteiger partial charge in [0.2, 0.25) is 0 Å². The lowest BCUT2D eigenvalue weighted by molar-refractivity contribution is -0.163. The molecule has 0 aromatic rings.